The highest BCUT2D eigenvalue weighted by Crippen LogP contribution is 2.46. The Bertz CT molecular complexity index is 2950. The second-order valence-electron chi connectivity index (χ2n) is 13.5. The van der Waals surface area contributed by atoms with E-state index in [2.05, 4.69) is 191 Å². The fourth-order valence-electron chi connectivity index (χ4n) is 8.48. The third-order valence-corrected chi connectivity index (χ3v) is 10.7. The Hall–Kier alpha value is -6.89. The summed E-state index contributed by atoms with van der Waals surface area (Å²) in [6.07, 6.45) is 6.99. The molecule has 0 amide bonds. The van der Waals surface area contributed by atoms with Gasteiger partial charge in [0.2, 0.25) is 0 Å². The van der Waals surface area contributed by atoms with Gasteiger partial charge in [0.1, 0.15) is 0 Å². The molecular formula is C49H33N3. The number of rotatable bonds is 5. The molecule has 0 saturated carbocycles. The maximum Gasteiger partial charge on any atom is 0.0988 e. The van der Waals surface area contributed by atoms with Crippen molar-refractivity contribution in [2.45, 2.75) is 12.5 Å². The molecular weight excluding hydrogens is 631 g/mol. The first-order valence-corrected chi connectivity index (χ1v) is 17.9. The van der Waals surface area contributed by atoms with E-state index in [1.54, 1.807) is 0 Å². The molecule has 1 unspecified atom stereocenters. The second-order valence-corrected chi connectivity index (χ2v) is 13.5. The van der Waals surface area contributed by atoms with Crippen molar-refractivity contribution < 1.29 is 0 Å². The minimum absolute atomic E-state index is 0.0950. The van der Waals surface area contributed by atoms with E-state index in [0.717, 1.165) is 17.7 Å². The van der Waals surface area contributed by atoms with Crippen LogP contribution in [0.4, 0.5) is 0 Å². The zero-order valence-corrected chi connectivity index (χ0v) is 28.4. The third-order valence-electron chi connectivity index (χ3n) is 10.7. The summed E-state index contributed by atoms with van der Waals surface area (Å²) < 4.78 is 4.91. The van der Waals surface area contributed by atoms with E-state index in [0.29, 0.717) is 0 Å². The van der Waals surface area contributed by atoms with E-state index in [-0.39, 0.29) is 6.04 Å². The van der Waals surface area contributed by atoms with Gasteiger partial charge >= 0.3 is 0 Å². The van der Waals surface area contributed by atoms with Gasteiger partial charge in [-0.25, -0.2) is 0 Å². The van der Waals surface area contributed by atoms with Crippen LogP contribution < -0.4 is 0 Å². The van der Waals surface area contributed by atoms with Crippen molar-refractivity contribution in [1.82, 2.24) is 9.13 Å². The van der Waals surface area contributed by atoms with Crippen LogP contribution in [0.5, 0.6) is 0 Å². The van der Waals surface area contributed by atoms with Crippen LogP contribution in [0, 0.1) is 11.3 Å². The lowest BCUT2D eigenvalue weighted by atomic mass is 9.88. The van der Waals surface area contributed by atoms with Gasteiger partial charge in [0.25, 0.3) is 0 Å². The summed E-state index contributed by atoms with van der Waals surface area (Å²) in [7, 11) is 0. The van der Waals surface area contributed by atoms with E-state index in [1.807, 2.05) is 6.08 Å². The highest BCUT2D eigenvalue weighted by molar-refractivity contribution is 6.16. The molecule has 52 heavy (non-hydrogen) atoms. The van der Waals surface area contributed by atoms with Crippen LogP contribution in [0.2, 0.25) is 0 Å². The van der Waals surface area contributed by atoms with Crippen molar-refractivity contribution in [3.63, 3.8) is 0 Å². The zero-order chi connectivity index (χ0) is 34.6. The summed E-state index contributed by atoms with van der Waals surface area (Å²) >= 11 is 0. The Morgan fingerprint density at radius 3 is 1.56 bits per heavy atom. The minimum atomic E-state index is 0.0950. The smallest absolute Gasteiger partial charge is 0.0988 e. The number of benzene rings is 7. The Kier molecular flexibility index (Phi) is 7.01. The number of fused-ring (bicyclic) bond motifs is 6. The average molecular weight is 664 g/mol. The van der Waals surface area contributed by atoms with Crippen molar-refractivity contribution in [2.75, 3.05) is 0 Å². The standard InChI is InChI=1S/C49H33N3/c50-32-33-28-30-35(31-29-33)52-47-27-11-9-21-41(47)45-25-13-23-43(49(45)52)39-19-7-5-17-37(39)36-16-4-6-18-38(36)42-22-12-24-44-40-20-8-10-26-46(40)51(48(42)44)34-14-2-1-3-15-34/h1-30,35H,31H2. The predicted molar refractivity (Wildman–Crippen MR) is 217 cm³/mol. The Morgan fingerprint density at radius 1 is 0.462 bits per heavy atom. The van der Waals surface area contributed by atoms with Gasteiger partial charge in [-0.05, 0) is 59.0 Å². The summed E-state index contributed by atoms with van der Waals surface area (Å²) in [5.41, 5.74) is 13.8. The van der Waals surface area contributed by atoms with Gasteiger partial charge in [-0.2, -0.15) is 5.26 Å². The topological polar surface area (TPSA) is 33.6 Å². The molecule has 0 spiro atoms. The number of aromatic nitrogens is 2. The number of para-hydroxylation sites is 5. The van der Waals surface area contributed by atoms with Crippen LogP contribution in [-0.2, 0) is 0 Å². The number of allylic oxidation sites excluding steroid dienone is 4. The monoisotopic (exact) mass is 663 g/mol. The highest BCUT2D eigenvalue weighted by Gasteiger charge is 2.23. The first-order chi connectivity index (χ1) is 25.8. The van der Waals surface area contributed by atoms with Gasteiger partial charge in [0, 0.05) is 49.4 Å². The van der Waals surface area contributed by atoms with Gasteiger partial charge in [0.15, 0.2) is 0 Å². The molecule has 3 heteroatoms. The van der Waals surface area contributed by atoms with Crippen LogP contribution in [0.25, 0.3) is 82.7 Å². The maximum atomic E-state index is 9.58. The molecule has 2 aromatic heterocycles. The van der Waals surface area contributed by atoms with Crippen molar-refractivity contribution in [3.8, 4) is 45.1 Å². The van der Waals surface area contributed by atoms with Crippen molar-refractivity contribution >= 4 is 43.6 Å². The van der Waals surface area contributed by atoms with Gasteiger partial charge in [0.05, 0.1) is 28.7 Å². The van der Waals surface area contributed by atoms with E-state index in [9.17, 15) is 5.26 Å². The SMILES string of the molecule is N#CC1=CCC(n2c3ccccc3c3cccc(-c4ccccc4-c4ccccc4-c4cccc5c6ccccc6n(-c6ccccc6)c45)c32)C=C1. The van der Waals surface area contributed by atoms with Crippen LogP contribution in [0.15, 0.2) is 188 Å². The Labute approximate surface area is 302 Å². The maximum absolute atomic E-state index is 9.58. The number of hydrogen-bond acceptors (Lipinski definition) is 1. The lowest BCUT2D eigenvalue weighted by molar-refractivity contribution is 0.646. The molecule has 2 heterocycles. The van der Waals surface area contributed by atoms with Gasteiger partial charge < -0.3 is 9.13 Å². The molecule has 1 aliphatic carbocycles. The Morgan fingerprint density at radius 2 is 0.942 bits per heavy atom. The molecule has 0 radical (unpaired) electrons. The second kappa shape index (κ2) is 12.2. The molecule has 0 fully saturated rings. The van der Waals surface area contributed by atoms with Gasteiger partial charge in [-0.3, -0.25) is 0 Å². The molecule has 7 aromatic carbocycles. The molecule has 0 aliphatic heterocycles. The molecule has 0 N–H and O–H groups in total. The number of nitrogens with zero attached hydrogens (tertiary/aromatic N) is 3. The summed E-state index contributed by atoms with van der Waals surface area (Å²) in [5, 5.41) is 14.5. The lowest BCUT2D eigenvalue weighted by Gasteiger charge is -2.22. The summed E-state index contributed by atoms with van der Waals surface area (Å²) in [5.74, 6) is 0. The van der Waals surface area contributed by atoms with Crippen molar-refractivity contribution in [2.24, 2.45) is 0 Å². The quantitative estimate of drug-likeness (QED) is 0.180. The third kappa shape index (κ3) is 4.59. The highest BCUT2D eigenvalue weighted by atomic mass is 15.0. The minimum Gasteiger partial charge on any atom is -0.333 e. The first kappa shape index (κ1) is 30.0. The Balaban J connectivity index is 1.23. The van der Waals surface area contributed by atoms with Crippen LogP contribution in [0.1, 0.15) is 12.5 Å². The predicted octanol–water partition coefficient (Wildman–Crippen LogP) is 12.8. The molecule has 244 valence electrons. The summed E-state index contributed by atoms with van der Waals surface area (Å²) in [6, 6.07) is 61.7. The van der Waals surface area contributed by atoms with Gasteiger partial charge in [-0.1, -0.05) is 152 Å². The number of nitriles is 1. The molecule has 3 nitrogen and oxygen atoms in total. The van der Waals surface area contributed by atoms with Crippen LogP contribution in [-0.4, -0.2) is 9.13 Å². The fourth-order valence-corrected chi connectivity index (χ4v) is 8.48. The number of hydrogen-bond donors (Lipinski definition) is 0. The van der Waals surface area contributed by atoms with Crippen LogP contribution >= 0.6 is 0 Å². The molecule has 0 bridgehead atoms. The van der Waals surface area contributed by atoms with E-state index >= 15 is 0 Å². The molecule has 10 rings (SSSR count). The van der Waals surface area contributed by atoms with Crippen molar-refractivity contribution in [1.29, 1.82) is 5.26 Å². The van der Waals surface area contributed by atoms with Crippen molar-refractivity contribution in [3.05, 3.63) is 188 Å². The zero-order valence-electron chi connectivity index (χ0n) is 28.4. The summed E-state index contributed by atoms with van der Waals surface area (Å²) in [4.78, 5) is 0. The first-order valence-electron chi connectivity index (χ1n) is 17.9. The van der Waals surface area contributed by atoms with E-state index in [4.69, 9.17) is 0 Å². The lowest BCUT2D eigenvalue weighted by Crippen LogP contribution is -2.08. The molecule has 9 aromatic rings. The fraction of sp³-hybridized carbons (Fsp3) is 0.0408. The largest absolute Gasteiger partial charge is 0.333 e. The van der Waals surface area contributed by atoms with Gasteiger partial charge in [-0.15, -0.1) is 0 Å². The molecule has 1 atom stereocenters. The summed E-state index contributed by atoms with van der Waals surface area (Å²) in [6.45, 7) is 0. The average Bonchev–Trinajstić information content (AvgIpc) is 3.75. The molecule has 1 aliphatic rings. The van der Waals surface area contributed by atoms with E-state index < -0.39 is 0 Å². The molecule has 0 saturated heterocycles. The normalized spacial score (nSPS) is 14.3. The van der Waals surface area contributed by atoms with E-state index in [1.165, 1.54) is 77.0 Å². The van der Waals surface area contributed by atoms with Crippen LogP contribution in [0.3, 0.4) is 0 Å².